The van der Waals surface area contributed by atoms with Gasteiger partial charge in [0.1, 0.15) is 16.3 Å². The lowest BCUT2D eigenvalue weighted by atomic mass is 10.1. The highest BCUT2D eigenvalue weighted by Gasteiger charge is 2.27. The molecule has 2 fully saturated rings. The van der Waals surface area contributed by atoms with Gasteiger partial charge in [-0.3, -0.25) is 0 Å². The second-order valence-corrected chi connectivity index (χ2v) is 9.48. The van der Waals surface area contributed by atoms with Gasteiger partial charge in [0.25, 0.3) is 0 Å². The van der Waals surface area contributed by atoms with Gasteiger partial charge in [-0.15, -0.1) is 11.3 Å². The molecular weight excluding hydrogens is 398 g/mol. The molecular formula is C21H27N7OS. The Hall–Kier alpha value is -2.52. The van der Waals surface area contributed by atoms with Crippen LogP contribution in [0.4, 0.5) is 17.6 Å². The molecule has 158 valence electrons. The highest BCUT2D eigenvalue weighted by atomic mass is 32.1. The zero-order valence-corrected chi connectivity index (χ0v) is 17.9. The molecule has 0 spiro atoms. The SMILES string of the molecule is Cc1nc(NCC2CC2)nc(NC2CCC(CO)C2)c1-c1nc2c(N)nccc2s1. The van der Waals surface area contributed by atoms with Crippen molar-refractivity contribution in [1.82, 2.24) is 19.9 Å². The van der Waals surface area contributed by atoms with Crippen molar-refractivity contribution in [3.8, 4) is 10.6 Å². The van der Waals surface area contributed by atoms with E-state index in [0.29, 0.717) is 17.7 Å². The van der Waals surface area contributed by atoms with E-state index in [1.54, 1.807) is 17.5 Å². The minimum absolute atomic E-state index is 0.242. The molecule has 2 saturated carbocycles. The number of aryl methyl sites for hydroxylation is 1. The predicted molar refractivity (Wildman–Crippen MR) is 121 cm³/mol. The van der Waals surface area contributed by atoms with E-state index < -0.39 is 0 Å². The van der Waals surface area contributed by atoms with Gasteiger partial charge in [-0.05, 0) is 56.9 Å². The molecule has 9 heteroatoms. The van der Waals surface area contributed by atoms with Crippen LogP contribution >= 0.6 is 11.3 Å². The Kier molecular flexibility index (Phi) is 5.16. The number of aromatic nitrogens is 4. The highest BCUT2D eigenvalue weighted by molar-refractivity contribution is 7.21. The second kappa shape index (κ2) is 7.96. The van der Waals surface area contributed by atoms with E-state index >= 15 is 0 Å². The molecule has 0 bridgehead atoms. The number of nitrogens with two attached hydrogens (primary N) is 1. The lowest BCUT2D eigenvalue weighted by Gasteiger charge is -2.18. The maximum absolute atomic E-state index is 9.52. The first-order valence-electron chi connectivity index (χ1n) is 10.6. The fourth-order valence-electron chi connectivity index (χ4n) is 4.12. The van der Waals surface area contributed by atoms with Crippen molar-refractivity contribution in [2.24, 2.45) is 11.8 Å². The molecule has 0 radical (unpaired) electrons. The quantitative estimate of drug-likeness (QED) is 0.454. The monoisotopic (exact) mass is 425 g/mol. The number of rotatable bonds is 7. The van der Waals surface area contributed by atoms with Crippen molar-refractivity contribution in [2.45, 2.75) is 45.1 Å². The Balaban J connectivity index is 1.52. The number of nitrogens with one attached hydrogen (secondary N) is 2. The van der Waals surface area contributed by atoms with E-state index in [0.717, 1.165) is 64.0 Å². The summed E-state index contributed by atoms with van der Waals surface area (Å²) < 4.78 is 1.000. The average Bonchev–Trinajstić information content (AvgIpc) is 3.28. The third-order valence-electron chi connectivity index (χ3n) is 6.03. The average molecular weight is 426 g/mol. The molecule has 0 aromatic carbocycles. The Labute approximate surface area is 179 Å². The molecule has 2 atom stereocenters. The van der Waals surface area contributed by atoms with Crippen LogP contribution in [0.2, 0.25) is 0 Å². The zero-order chi connectivity index (χ0) is 20.7. The third kappa shape index (κ3) is 3.91. The summed E-state index contributed by atoms with van der Waals surface area (Å²) >= 11 is 1.58. The van der Waals surface area contributed by atoms with Crippen LogP contribution in [-0.4, -0.2) is 44.2 Å². The number of hydrogen-bond donors (Lipinski definition) is 4. The highest BCUT2D eigenvalue weighted by Crippen LogP contribution is 2.38. The van der Waals surface area contributed by atoms with E-state index in [4.69, 9.17) is 20.7 Å². The molecule has 8 nitrogen and oxygen atoms in total. The van der Waals surface area contributed by atoms with Gasteiger partial charge in [-0.2, -0.15) is 4.98 Å². The van der Waals surface area contributed by atoms with Crippen LogP contribution in [0.25, 0.3) is 20.8 Å². The molecule has 3 aromatic heterocycles. The van der Waals surface area contributed by atoms with Crippen LogP contribution in [-0.2, 0) is 0 Å². The summed E-state index contributed by atoms with van der Waals surface area (Å²) in [4.78, 5) is 18.5. The number of nitrogens with zero attached hydrogens (tertiary/aromatic N) is 4. The molecule has 30 heavy (non-hydrogen) atoms. The van der Waals surface area contributed by atoms with Crippen molar-refractivity contribution >= 4 is 39.1 Å². The normalized spacial score (nSPS) is 21.3. The molecule has 2 aliphatic rings. The molecule has 0 saturated heterocycles. The van der Waals surface area contributed by atoms with Gasteiger partial charge in [0, 0.05) is 25.4 Å². The van der Waals surface area contributed by atoms with Gasteiger partial charge in [-0.1, -0.05) is 0 Å². The molecule has 3 aromatic rings. The van der Waals surface area contributed by atoms with Gasteiger partial charge in [-0.25, -0.2) is 15.0 Å². The summed E-state index contributed by atoms with van der Waals surface area (Å²) in [7, 11) is 0. The van der Waals surface area contributed by atoms with E-state index in [1.807, 2.05) is 13.0 Å². The summed E-state index contributed by atoms with van der Waals surface area (Å²) in [6.07, 6.45) is 7.27. The Morgan fingerprint density at radius 3 is 2.73 bits per heavy atom. The molecule has 0 amide bonds. The van der Waals surface area contributed by atoms with Crippen LogP contribution in [0.3, 0.4) is 0 Å². The Bertz CT molecular complexity index is 1060. The fraction of sp³-hybridized carbons (Fsp3) is 0.524. The summed E-state index contributed by atoms with van der Waals surface area (Å²) in [6.45, 7) is 3.16. The van der Waals surface area contributed by atoms with Crippen molar-refractivity contribution in [1.29, 1.82) is 0 Å². The van der Waals surface area contributed by atoms with Gasteiger partial charge in [0.15, 0.2) is 5.82 Å². The van der Waals surface area contributed by atoms with E-state index in [2.05, 4.69) is 15.6 Å². The molecule has 2 aliphatic carbocycles. The maximum atomic E-state index is 9.52. The van der Waals surface area contributed by atoms with Crippen molar-refractivity contribution in [3.05, 3.63) is 18.0 Å². The van der Waals surface area contributed by atoms with E-state index in [-0.39, 0.29) is 12.6 Å². The number of nitrogen functional groups attached to an aromatic ring is 1. The minimum atomic E-state index is 0.242. The summed E-state index contributed by atoms with van der Waals surface area (Å²) in [5.74, 6) is 2.99. The van der Waals surface area contributed by atoms with Crippen molar-refractivity contribution < 1.29 is 5.11 Å². The van der Waals surface area contributed by atoms with Gasteiger partial charge >= 0.3 is 0 Å². The smallest absolute Gasteiger partial charge is 0.224 e. The number of aliphatic hydroxyl groups excluding tert-OH is 1. The molecule has 0 aliphatic heterocycles. The van der Waals surface area contributed by atoms with Crippen molar-refractivity contribution in [2.75, 3.05) is 29.5 Å². The van der Waals surface area contributed by atoms with Gasteiger partial charge in [0.2, 0.25) is 5.95 Å². The van der Waals surface area contributed by atoms with Gasteiger partial charge in [0.05, 0.1) is 16.0 Å². The van der Waals surface area contributed by atoms with Crippen LogP contribution < -0.4 is 16.4 Å². The first-order valence-corrected chi connectivity index (χ1v) is 11.4. The minimum Gasteiger partial charge on any atom is -0.396 e. The number of anilines is 3. The summed E-state index contributed by atoms with van der Waals surface area (Å²) in [6, 6.07) is 2.22. The van der Waals surface area contributed by atoms with Crippen molar-refractivity contribution in [3.63, 3.8) is 0 Å². The number of pyridine rings is 1. The summed E-state index contributed by atoms with van der Waals surface area (Å²) in [5, 5.41) is 17.4. The maximum Gasteiger partial charge on any atom is 0.224 e. The first kappa shape index (κ1) is 19.4. The Morgan fingerprint density at radius 2 is 2.00 bits per heavy atom. The predicted octanol–water partition coefficient (Wildman–Crippen LogP) is 3.43. The second-order valence-electron chi connectivity index (χ2n) is 8.45. The van der Waals surface area contributed by atoms with Crippen LogP contribution in [0.1, 0.15) is 37.8 Å². The largest absolute Gasteiger partial charge is 0.396 e. The molecule has 5 N–H and O–H groups in total. The molecule has 5 rings (SSSR count). The number of aliphatic hydroxyl groups is 1. The first-order chi connectivity index (χ1) is 14.6. The topological polar surface area (TPSA) is 122 Å². The van der Waals surface area contributed by atoms with E-state index in [9.17, 15) is 5.11 Å². The van der Waals surface area contributed by atoms with Crippen LogP contribution in [0.15, 0.2) is 12.3 Å². The van der Waals surface area contributed by atoms with Crippen LogP contribution in [0, 0.1) is 18.8 Å². The number of thiazole rings is 1. The molecule has 2 unspecified atom stereocenters. The third-order valence-corrected chi connectivity index (χ3v) is 7.06. The Morgan fingerprint density at radius 1 is 1.17 bits per heavy atom. The summed E-state index contributed by atoms with van der Waals surface area (Å²) in [5.41, 5.74) is 8.56. The lowest BCUT2D eigenvalue weighted by molar-refractivity contribution is 0.229. The molecule has 3 heterocycles. The standard InChI is InChI=1S/C21H27N7OS/c1-11-16(20-27-17-15(30-20)6-7-23-18(17)22)19(26-14-5-4-13(8-14)10-29)28-21(25-11)24-9-12-2-3-12/h6-7,12-14,29H,2-5,8-10H2,1H3,(H2,22,23)(H2,24,25,26,28). The number of hydrogen-bond acceptors (Lipinski definition) is 9. The van der Waals surface area contributed by atoms with E-state index in [1.165, 1.54) is 12.8 Å². The lowest BCUT2D eigenvalue weighted by Crippen LogP contribution is -2.19. The zero-order valence-electron chi connectivity index (χ0n) is 17.1. The van der Waals surface area contributed by atoms with Crippen LogP contribution in [0.5, 0.6) is 0 Å². The number of fused-ring (bicyclic) bond motifs is 1. The fourth-order valence-corrected chi connectivity index (χ4v) is 5.18. The van der Waals surface area contributed by atoms with Gasteiger partial charge < -0.3 is 21.5 Å².